The standard InChI is InChI=1S/C8H9N3S.H2O/c9-8(12)11-10-6-7-4-2-1-3-5-7;/h1-6H,(H3,9,11,12);1H2. The maximum Gasteiger partial charge on any atom is 0.184 e. The number of thiocarbonyl (C=S) groups is 1. The van der Waals surface area contributed by atoms with E-state index in [0.717, 1.165) is 5.56 Å². The average molecular weight is 197 g/mol. The monoisotopic (exact) mass is 197 g/mol. The van der Waals surface area contributed by atoms with Crippen molar-refractivity contribution in [3.8, 4) is 0 Å². The molecule has 70 valence electrons. The zero-order chi connectivity index (χ0) is 8.81. The molecule has 0 unspecified atom stereocenters. The van der Waals surface area contributed by atoms with E-state index in [9.17, 15) is 0 Å². The van der Waals surface area contributed by atoms with E-state index in [0.29, 0.717) is 0 Å². The van der Waals surface area contributed by atoms with Gasteiger partial charge in [-0.1, -0.05) is 30.3 Å². The Bertz CT molecular complexity index is 287. The number of hydrogen-bond acceptors (Lipinski definition) is 2. The summed E-state index contributed by atoms with van der Waals surface area (Å²) >= 11 is 4.56. The molecule has 0 aromatic heterocycles. The maximum atomic E-state index is 5.16. The Kier molecular flexibility index (Phi) is 5.42. The molecule has 13 heavy (non-hydrogen) atoms. The summed E-state index contributed by atoms with van der Waals surface area (Å²) in [5.41, 5.74) is 8.64. The van der Waals surface area contributed by atoms with Crippen LogP contribution in [0.2, 0.25) is 0 Å². The topological polar surface area (TPSA) is 81.9 Å². The second kappa shape index (κ2) is 6.10. The second-order valence-corrected chi connectivity index (χ2v) is 2.58. The van der Waals surface area contributed by atoms with E-state index in [1.807, 2.05) is 30.3 Å². The summed E-state index contributed by atoms with van der Waals surface area (Å²) in [4.78, 5) is 0. The molecule has 0 atom stereocenters. The van der Waals surface area contributed by atoms with Crippen molar-refractivity contribution < 1.29 is 5.48 Å². The zero-order valence-corrected chi connectivity index (χ0v) is 7.71. The van der Waals surface area contributed by atoms with Gasteiger partial charge in [-0.15, -0.1) is 0 Å². The molecule has 0 heterocycles. The van der Waals surface area contributed by atoms with E-state index in [4.69, 9.17) is 5.73 Å². The lowest BCUT2D eigenvalue weighted by Crippen LogP contribution is -2.23. The summed E-state index contributed by atoms with van der Waals surface area (Å²) < 4.78 is 0. The van der Waals surface area contributed by atoms with Gasteiger partial charge in [0.1, 0.15) is 0 Å². The molecule has 1 aromatic rings. The molecule has 0 saturated heterocycles. The molecule has 0 aliphatic carbocycles. The van der Waals surface area contributed by atoms with Crippen molar-refractivity contribution in [1.29, 1.82) is 0 Å². The third-order valence-electron chi connectivity index (χ3n) is 1.19. The van der Waals surface area contributed by atoms with Crippen LogP contribution >= 0.6 is 12.2 Å². The van der Waals surface area contributed by atoms with Crippen LogP contribution in [0.15, 0.2) is 35.4 Å². The predicted octanol–water partition coefficient (Wildman–Crippen LogP) is 0.0290. The largest absolute Gasteiger partial charge is 0.412 e. The first-order valence-corrected chi connectivity index (χ1v) is 3.83. The fourth-order valence-electron chi connectivity index (χ4n) is 0.710. The summed E-state index contributed by atoms with van der Waals surface area (Å²) in [6.45, 7) is 0. The number of nitrogens with two attached hydrogens (primary N) is 1. The van der Waals surface area contributed by atoms with Crippen LogP contribution in [0.4, 0.5) is 0 Å². The molecule has 5 heteroatoms. The lowest BCUT2D eigenvalue weighted by Gasteiger charge is -1.93. The van der Waals surface area contributed by atoms with Gasteiger partial charge in [-0.2, -0.15) is 5.10 Å². The van der Waals surface area contributed by atoms with Crippen LogP contribution in [0.1, 0.15) is 5.56 Å². The van der Waals surface area contributed by atoms with Crippen molar-refractivity contribution in [3.63, 3.8) is 0 Å². The lowest BCUT2D eigenvalue weighted by molar-refractivity contribution is 0.824. The molecule has 4 nitrogen and oxygen atoms in total. The van der Waals surface area contributed by atoms with Crippen molar-refractivity contribution in [3.05, 3.63) is 35.9 Å². The zero-order valence-electron chi connectivity index (χ0n) is 6.90. The number of hydrogen-bond donors (Lipinski definition) is 2. The van der Waals surface area contributed by atoms with E-state index in [2.05, 4.69) is 22.7 Å². The highest BCUT2D eigenvalue weighted by Crippen LogP contribution is 1.92. The Morgan fingerprint density at radius 2 is 2.00 bits per heavy atom. The van der Waals surface area contributed by atoms with Gasteiger partial charge in [0.15, 0.2) is 5.11 Å². The van der Waals surface area contributed by atoms with Crippen molar-refractivity contribution in [2.24, 2.45) is 10.8 Å². The van der Waals surface area contributed by atoms with Gasteiger partial charge in [-0.3, -0.25) is 5.43 Å². The van der Waals surface area contributed by atoms with Crippen LogP contribution < -0.4 is 11.2 Å². The summed E-state index contributed by atoms with van der Waals surface area (Å²) in [6.07, 6.45) is 1.65. The first kappa shape index (κ1) is 11.5. The lowest BCUT2D eigenvalue weighted by atomic mass is 10.2. The quantitative estimate of drug-likeness (QED) is 0.398. The first-order valence-electron chi connectivity index (χ1n) is 3.42. The number of benzene rings is 1. The van der Waals surface area contributed by atoms with Gasteiger partial charge >= 0.3 is 0 Å². The van der Waals surface area contributed by atoms with Crippen molar-refractivity contribution in [2.75, 3.05) is 0 Å². The molecule has 0 aliphatic heterocycles. The van der Waals surface area contributed by atoms with Crippen LogP contribution in [0.5, 0.6) is 0 Å². The summed E-state index contributed by atoms with van der Waals surface area (Å²) in [6, 6.07) is 9.68. The highest BCUT2D eigenvalue weighted by Gasteiger charge is 1.83. The van der Waals surface area contributed by atoms with Crippen LogP contribution in [0.3, 0.4) is 0 Å². The molecule has 0 fully saturated rings. The molecule has 0 spiro atoms. The van der Waals surface area contributed by atoms with Crippen molar-refractivity contribution in [1.82, 2.24) is 5.43 Å². The average Bonchev–Trinajstić information content (AvgIpc) is 2.05. The van der Waals surface area contributed by atoms with E-state index in [1.165, 1.54) is 0 Å². The van der Waals surface area contributed by atoms with Gasteiger partial charge in [0, 0.05) is 0 Å². The molecule has 0 amide bonds. The van der Waals surface area contributed by atoms with Crippen molar-refractivity contribution in [2.45, 2.75) is 0 Å². The number of nitrogens with one attached hydrogen (secondary N) is 1. The normalized spacial score (nSPS) is 9.23. The van der Waals surface area contributed by atoms with Crippen molar-refractivity contribution >= 4 is 23.5 Å². The molecular formula is C8H11N3OS. The fraction of sp³-hybridized carbons (Fsp3) is 0. The second-order valence-electron chi connectivity index (χ2n) is 2.14. The van der Waals surface area contributed by atoms with Gasteiger partial charge in [0.25, 0.3) is 0 Å². The minimum Gasteiger partial charge on any atom is -0.412 e. The van der Waals surface area contributed by atoms with Gasteiger partial charge in [-0.05, 0) is 17.8 Å². The third kappa shape index (κ3) is 4.89. The Morgan fingerprint density at radius 1 is 1.38 bits per heavy atom. The van der Waals surface area contributed by atoms with Gasteiger partial charge in [-0.25, -0.2) is 0 Å². The first-order chi connectivity index (χ1) is 5.79. The molecule has 0 aliphatic rings. The molecule has 1 aromatic carbocycles. The van der Waals surface area contributed by atoms with Crippen LogP contribution in [0, 0.1) is 0 Å². The summed E-state index contributed by atoms with van der Waals surface area (Å²) in [7, 11) is 0. The van der Waals surface area contributed by atoms with E-state index in [1.54, 1.807) is 6.21 Å². The molecule has 1 rings (SSSR count). The Labute approximate surface area is 81.8 Å². The third-order valence-corrected chi connectivity index (χ3v) is 1.28. The molecule has 5 N–H and O–H groups in total. The SMILES string of the molecule is NC(=S)NN=Cc1ccccc1.O. The maximum absolute atomic E-state index is 5.16. The highest BCUT2D eigenvalue weighted by atomic mass is 32.1. The van der Waals surface area contributed by atoms with Crippen LogP contribution in [0.25, 0.3) is 0 Å². The minimum atomic E-state index is 0. The van der Waals surface area contributed by atoms with Crippen LogP contribution in [-0.2, 0) is 0 Å². The molecule has 0 saturated carbocycles. The fourth-order valence-corrected chi connectivity index (χ4v) is 0.762. The smallest absolute Gasteiger partial charge is 0.184 e. The van der Waals surface area contributed by atoms with E-state index in [-0.39, 0.29) is 10.6 Å². The van der Waals surface area contributed by atoms with Crippen LogP contribution in [-0.4, -0.2) is 16.8 Å². The van der Waals surface area contributed by atoms with Gasteiger partial charge in [0.05, 0.1) is 6.21 Å². The number of hydrazone groups is 1. The van der Waals surface area contributed by atoms with E-state index >= 15 is 0 Å². The molecule has 0 bridgehead atoms. The Balaban J connectivity index is 0.00000144. The summed E-state index contributed by atoms with van der Waals surface area (Å²) in [5, 5.41) is 3.97. The van der Waals surface area contributed by atoms with Gasteiger partial charge < -0.3 is 11.2 Å². The Hall–Kier alpha value is -1.46. The number of rotatable bonds is 2. The molecular weight excluding hydrogens is 186 g/mol. The predicted molar refractivity (Wildman–Crippen MR) is 57.6 cm³/mol. The minimum absolute atomic E-state index is 0. The van der Waals surface area contributed by atoms with E-state index < -0.39 is 0 Å². The van der Waals surface area contributed by atoms with Gasteiger partial charge in [0.2, 0.25) is 0 Å². The molecule has 0 radical (unpaired) electrons. The summed E-state index contributed by atoms with van der Waals surface area (Å²) in [5.74, 6) is 0. The number of nitrogens with zero attached hydrogens (tertiary/aromatic N) is 1. The Morgan fingerprint density at radius 3 is 2.54 bits per heavy atom. The highest BCUT2D eigenvalue weighted by molar-refractivity contribution is 7.80.